The first kappa shape index (κ1) is 20.8. The van der Waals surface area contributed by atoms with E-state index in [-0.39, 0.29) is 11.7 Å². The molecule has 0 bridgehead atoms. The number of thioether (sulfide) groups is 1. The number of aryl methyl sites for hydroxylation is 3. The molecule has 2 aromatic heterocycles. The Labute approximate surface area is 174 Å². The van der Waals surface area contributed by atoms with Crippen LogP contribution in [-0.4, -0.2) is 26.9 Å². The van der Waals surface area contributed by atoms with Crippen LogP contribution in [0.25, 0.3) is 11.6 Å². The van der Waals surface area contributed by atoms with Crippen molar-refractivity contribution in [3.63, 3.8) is 0 Å². The first-order valence-electron chi connectivity index (χ1n) is 9.24. The minimum Gasteiger partial charge on any atom is -0.461 e. The Morgan fingerprint density at radius 2 is 1.90 bits per heavy atom. The minimum atomic E-state index is -0.465. The van der Waals surface area contributed by atoms with E-state index < -0.39 is 5.25 Å². The maximum absolute atomic E-state index is 12.8. The van der Waals surface area contributed by atoms with Gasteiger partial charge in [-0.15, -0.1) is 0 Å². The summed E-state index contributed by atoms with van der Waals surface area (Å²) < 4.78 is 5.39. The molecule has 0 saturated carbocycles. The highest BCUT2D eigenvalue weighted by atomic mass is 32.2. The SMILES string of the molecule is CC(=O)c1c(C)nc(-c2ccco2)nc1S[C@H](C)C(=O)Nc1ccc(C)cc1C. The van der Waals surface area contributed by atoms with Gasteiger partial charge in [0.05, 0.1) is 22.8 Å². The fraction of sp³-hybridized carbons (Fsp3) is 0.273. The molecule has 0 aliphatic rings. The van der Waals surface area contributed by atoms with E-state index in [2.05, 4.69) is 15.3 Å². The first-order chi connectivity index (χ1) is 13.8. The molecule has 1 atom stereocenters. The van der Waals surface area contributed by atoms with Crippen molar-refractivity contribution in [3.8, 4) is 11.6 Å². The number of aromatic nitrogens is 2. The van der Waals surface area contributed by atoms with Crippen molar-refractivity contribution >= 4 is 29.1 Å². The molecular weight excluding hydrogens is 386 g/mol. The standard InChI is InChI=1S/C22H23N3O3S/c1-12-8-9-17(13(2)11-12)24-21(27)16(5)29-22-19(15(4)26)14(3)23-20(25-22)18-7-6-10-28-18/h6-11,16H,1-5H3,(H,24,27)/t16-/m1/s1. The molecule has 0 aliphatic carbocycles. The summed E-state index contributed by atoms with van der Waals surface area (Å²) in [6.45, 7) is 8.99. The fourth-order valence-electron chi connectivity index (χ4n) is 2.96. The van der Waals surface area contributed by atoms with Crippen molar-refractivity contribution in [3.05, 3.63) is 59.0 Å². The van der Waals surface area contributed by atoms with Crippen LogP contribution in [0, 0.1) is 20.8 Å². The third-order valence-corrected chi connectivity index (χ3v) is 5.53. The van der Waals surface area contributed by atoms with Crippen molar-refractivity contribution in [1.29, 1.82) is 0 Å². The summed E-state index contributed by atoms with van der Waals surface area (Å²) in [5, 5.41) is 2.96. The van der Waals surface area contributed by atoms with Gasteiger partial charge in [0.1, 0.15) is 5.03 Å². The highest BCUT2D eigenvalue weighted by Crippen LogP contribution is 2.30. The Bertz CT molecular complexity index is 1060. The average molecular weight is 410 g/mol. The Hall–Kier alpha value is -2.93. The zero-order valence-corrected chi connectivity index (χ0v) is 17.9. The second kappa shape index (κ2) is 8.61. The molecular formula is C22H23N3O3S. The van der Waals surface area contributed by atoms with E-state index >= 15 is 0 Å². The van der Waals surface area contributed by atoms with Gasteiger partial charge in [-0.3, -0.25) is 9.59 Å². The summed E-state index contributed by atoms with van der Waals surface area (Å²) in [7, 11) is 0. The summed E-state index contributed by atoms with van der Waals surface area (Å²) in [5.74, 6) is 0.602. The molecule has 2 heterocycles. The number of anilines is 1. The molecule has 0 radical (unpaired) electrons. The summed E-state index contributed by atoms with van der Waals surface area (Å²) in [6, 6.07) is 9.37. The van der Waals surface area contributed by atoms with Gasteiger partial charge in [-0.05, 0) is 58.4 Å². The van der Waals surface area contributed by atoms with E-state index in [0.29, 0.717) is 27.9 Å². The quantitative estimate of drug-likeness (QED) is 0.351. The van der Waals surface area contributed by atoms with Crippen LogP contribution in [0.4, 0.5) is 5.69 Å². The molecule has 3 rings (SSSR count). The maximum atomic E-state index is 12.8. The lowest BCUT2D eigenvalue weighted by molar-refractivity contribution is -0.115. The van der Waals surface area contributed by atoms with Crippen molar-refractivity contribution in [2.24, 2.45) is 0 Å². The van der Waals surface area contributed by atoms with Crippen LogP contribution in [-0.2, 0) is 4.79 Å². The third kappa shape index (κ3) is 4.74. The largest absolute Gasteiger partial charge is 0.461 e. The molecule has 0 unspecified atom stereocenters. The van der Waals surface area contributed by atoms with E-state index in [1.165, 1.54) is 18.7 Å². The van der Waals surface area contributed by atoms with Gasteiger partial charge in [-0.2, -0.15) is 0 Å². The highest BCUT2D eigenvalue weighted by Gasteiger charge is 2.23. The van der Waals surface area contributed by atoms with E-state index in [9.17, 15) is 9.59 Å². The number of benzene rings is 1. The van der Waals surface area contributed by atoms with Crippen LogP contribution in [0.3, 0.4) is 0 Å². The Morgan fingerprint density at radius 1 is 1.14 bits per heavy atom. The maximum Gasteiger partial charge on any atom is 0.237 e. The topological polar surface area (TPSA) is 85.1 Å². The molecule has 0 fully saturated rings. The molecule has 150 valence electrons. The van der Waals surface area contributed by atoms with Gasteiger partial charge in [0, 0.05) is 5.69 Å². The number of furan rings is 1. The first-order valence-corrected chi connectivity index (χ1v) is 10.1. The fourth-order valence-corrected chi connectivity index (χ4v) is 4.01. The molecule has 0 saturated heterocycles. The highest BCUT2D eigenvalue weighted by molar-refractivity contribution is 8.00. The van der Waals surface area contributed by atoms with Gasteiger partial charge >= 0.3 is 0 Å². The molecule has 29 heavy (non-hydrogen) atoms. The lowest BCUT2D eigenvalue weighted by Crippen LogP contribution is -2.23. The lowest BCUT2D eigenvalue weighted by Gasteiger charge is -2.16. The smallest absolute Gasteiger partial charge is 0.237 e. The number of amides is 1. The molecule has 7 heteroatoms. The van der Waals surface area contributed by atoms with Gasteiger partial charge in [0.2, 0.25) is 5.91 Å². The summed E-state index contributed by atoms with van der Waals surface area (Å²) >= 11 is 1.23. The van der Waals surface area contributed by atoms with Gasteiger partial charge in [0.25, 0.3) is 0 Å². The van der Waals surface area contributed by atoms with Gasteiger partial charge in [-0.25, -0.2) is 9.97 Å². The molecule has 6 nitrogen and oxygen atoms in total. The summed E-state index contributed by atoms with van der Waals surface area (Å²) in [4.78, 5) is 33.9. The van der Waals surface area contributed by atoms with Crippen LogP contribution in [0.15, 0.2) is 46.0 Å². The monoisotopic (exact) mass is 409 g/mol. The van der Waals surface area contributed by atoms with E-state index in [1.54, 1.807) is 32.2 Å². The van der Waals surface area contributed by atoms with Crippen molar-refractivity contribution in [2.45, 2.75) is 44.9 Å². The molecule has 1 N–H and O–H groups in total. The second-order valence-corrected chi connectivity index (χ2v) is 8.24. The number of hydrogen-bond acceptors (Lipinski definition) is 6. The van der Waals surface area contributed by atoms with E-state index in [1.807, 2.05) is 32.0 Å². The van der Waals surface area contributed by atoms with Crippen molar-refractivity contribution in [1.82, 2.24) is 9.97 Å². The number of rotatable bonds is 6. The lowest BCUT2D eigenvalue weighted by atomic mass is 10.1. The van der Waals surface area contributed by atoms with Crippen molar-refractivity contribution < 1.29 is 14.0 Å². The number of nitrogens with zero attached hydrogens (tertiary/aromatic N) is 2. The summed E-state index contributed by atoms with van der Waals surface area (Å²) in [5.41, 5.74) is 3.89. The molecule has 0 aliphatic heterocycles. The molecule has 1 amide bonds. The van der Waals surface area contributed by atoms with Crippen LogP contribution >= 0.6 is 11.8 Å². The zero-order chi connectivity index (χ0) is 21.1. The number of hydrogen-bond donors (Lipinski definition) is 1. The Kier molecular flexibility index (Phi) is 6.17. The van der Waals surface area contributed by atoms with Crippen LogP contribution in [0.2, 0.25) is 0 Å². The second-order valence-electron chi connectivity index (χ2n) is 6.91. The van der Waals surface area contributed by atoms with Crippen LogP contribution in [0.1, 0.15) is 41.0 Å². The van der Waals surface area contributed by atoms with Gasteiger partial charge in [0.15, 0.2) is 17.4 Å². The van der Waals surface area contributed by atoms with E-state index in [4.69, 9.17) is 4.42 Å². The number of nitrogens with one attached hydrogen (secondary N) is 1. The minimum absolute atomic E-state index is 0.141. The summed E-state index contributed by atoms with van der Waals surface area (Å²) in [6.07, 6.45) is 1.54. The third-order valence-electron chi connectivity index (χ3n) is 4.45. The number of carbonyl (C=O) groups excluding carboxylic acids is 2. The average Bonchev–Trinajstić information content (AvgIpc) is 3.18. The normalized spacial score (nSPS) is 11.9. The zero-order valence-electron chi connectivity index (χ0n) is 17.1. The van der Waals surface area contributed by atoms with Crippen molar-refractivity contribution in [2.75, 3.05) is 5.32 Å². The predicted molar refractivity (Wildman–Crippen MR) is 114 cm³/mol. The van der Waals surface area contributed by atoms with Gasteiger partial charge in [-0.1, -0.05) is 29.5 Å². The molecule has 0 spiro atoms. The predicted octanol–water partition coefficient (Wildman–Crippen LogP) is 4.98. The molecule has 3 aromatic rings. The number of Topliss-reactive ketones (excluding diaryl/α,β-unsaturated/α-hetero) is 1. The Morgan fingerprint density at radius 3 is 2.52 bits per heavy atom. The number of ketones is 1. The van der Waals surface area contributed by atoms with Crippen LogP contribution < -0.4 is 5.32 Å². The number of carbonyl (C=O) groups is 2. The van der Waals surface area contributed by atoms with Gasteiger partial charge < -0.3 is 9.73 Å². The van der Waals surface area contributed by atoms with E-state index in [0.717, 1.165) is 16.8 Å². The van der Waals surface area contributed by atoms with Crippen LogP contribution in [0.5, 0.6) is 0 Å². The Balaban J connectivity index is 1.87. The molecule has 1 aromatic carbocycles.